The molecule has 7 nitrogen and oxygen atoms in total. The van der Waals surface area contributed by atoms with Crippen LogP contribution in [0.4, 0.5) is 0 Å². The molecule has 0 saturated carbocycles. The minimum Gasteiger partial charge on any atom is -0.356 e. The number of aryl methyl sites for hydroxylation is 2. The number of hydrogen-bond acceptors (Lipinski definition) is 5. The van der Waals surface area contributed by atoms with Crippen LogP contribution in [-0.2, 0) is 17.8 Å². The Morgan fingerprint density at radius 1 is 1.35 bits per heavy atom. The van der Waals surface area contributed by atoms with Crippen LogP contribution in [-0.4, -0.2) is 27.2 Å². The second-order valence-corrected chi connectivity index (χ2v) is 6.91. The molecule has 0 aliphatic rings. The molecule has 2 aromatic rings. The fourth-order valence-corrected chi connectivity index (χ4v) is 2.61. The minimum absolute atomic E-state index is 0.0272. The van der Waals surface area contributed by atoms with Gasteiger partial charge in [0.15, 0.2) is 0 Å². The second-order valence-electron chi connectivity index (χ2n) is 6.91. The fourth-order valence-electron chi connectivity index (χ4n) is 2.61. The summed E-state index contributed by atoms with van der Waals surface area (Å²) in [6.45, 7) is 9.39. The molecule has 0 unspecified atom stereocenters. The van der Waals surface area contributed by atoms with E-state index in [0.717, 1.165) is 12.1 Å². The van der Waals surface area contributed by atoms with Crippen molar-refractivity contribution in [3.63, 3.8) is 0 Å². The van der Waals surface area contributed by atoms with Gasteiger partial charge in [-0.15, -0.1) is 0 Å². The summed E-state index contributed by atoms with van der Waals surface area (Å²) in [6, 6.07) is 3.62. The van der Waals surface area contributed by atoms with E-state index in [-0.39, 0.29) is 11.5 Å². The molecule has 0 spiro atoms. The van der Waals surface area contributed by atoms with E-state index in [0.29, 0.717) is 55.5 Å². The Bertz CT molecular complexity index is 792. The SMILES string of the molecule is CCCn1c(C)ccc(-c2noc(CCCC(=O)NCC(C)C)n2)c1=O. The molecule has 1 N–H and O–H groups in total. The number of nitrogens with one attached hydrogen (secondary N) is 1. The first-order valence-corrected chi connectivity index (χ1v) is 9.22. The molecule has 2 aromatic heterocycles. The number of aromatic nitrogens is 3. The number of carbonyl (C=O) groups excluding carboxylic acids is 1. The summed E-state index contributed by atoms with van der Waals surface area (Å²) in [6.07, 6.45) is 2.43. The van der Waals surface area contributed by atoms with Crippen LogP contribution in [0.3, 0.4) is 0 Å². The van der Waals surface area contributed by atoms with Gasteiger partial charge in [-0.2, -0.15) is 4.98 Å². The Morgan fingerprint density at radius 3 is 2.81 bits per heavy atom. The molecule has 0 aliphatic heterocycles. The first kappa shape index (κ1) is 19.9. The van der Waals surface area contributed by atoms with E-state index in [1.807, 2.05) is 19.9 Å². The van der Waals surface area contributed by atoms with Crippen LogP contribution in [0.25, 0.3) is 11.4 Å². The zero-order chi connectivity index (χ0) is 19.1. The fraction of sp³-hybridized carbons (Fsp3) is 0.579. The molecule has 0 aliphatic carbocycles. The van der Waals surface area contributed by atoms with E-state index >= 15 is 0 Å². The highest BCUT2D eigenvalue weighted by molar-refractivity contribution is 5.75. The molecule has 0 bridgehead atoms. The van der Waals surface area contributed by atoms with Crippen LogP contribution >= 0.6 is 0 Å². The highest BCUT2D eigenvalue weighted by Gasteiger charge is 2.14. The monoisotopic (exact) mass is 360 g/mol. The molecule has 142 valence electrons. The summed E-state index contributed by atoms with van der Waals surface area (Å²) in [5.74, 6) is 1.21. The van der Waals surface area contributed by atoms with E-state index in [1.165, 1.54) is 0 Å². The lowest BCUT2D eigenvalue weighted by Crippen LogP contribution is -2.27. The number of nitrogens with zero attached hydrogens (tertiary/aromatic N) is 3. The highest BCUT2D eigenvalue weighted by atomic mass is 16.5. The predicted molar refractivity (Wildman–Crippen MR) is 99.8 cm³/mol. The summed E-state index contributed by atoms with van der Waals surface area (Å²) in [7, 11) is 0. The van der Waals surface area contributed by atoms with Crippen molar-refractivity contribution in [2.75, 3.05) is 6.54 Å². The van der Waals surface area contributed by atoms with Crippen LogP contribution < -0.4 is 10.9 Å². The quantitative estimate of drug-likeness (QED) is 0.742. The van der Waals surface area contributed by atoms with Gasteiger partial charge in [-0.25, -0.2) is 0 Å². The number of amides is 1. The topological polar surface area (TPSA) is 90.0 Å². The third kappa shape index (κ3) is 5.28. The third-order valence-electron chi connectivity index (χ3n) is 4.05. The first-order valence-electron chi connectivity index (χ1n) is 9.22. The molecule has 0 aromatic carbocycles. The zero-order valence-electron chi connectivity index (χ0n) is 16.0. The standard InChI is InChI=1S/C19H28N4O3/c1-5-11-23-14(4)9-10-15(19(23)25)18-21-17(26-22-18)8-6-7-16(24)20-12-13(2)3/h9-10,13H,5-8,11-12H2,1-4H3,(H,20,24). The number of pyridine rings is 1. The maximum absolute atomic E-state index is 12.6. The lowest BCUT2D eigenvalue weighted by Gasteiger charge is -2.09. The Hall–Kier alpha value is -2.44. The van der Waals surface area contributed by atoms with Gasteiger partial charge < -0.3 is 14.4 Å². The van der Waals surface area contributed by atoms with Gasteiger partial charge in [0.1, 0.15) is 0 Å². The second kappa shape index (κ2) is 9.31. The van der Waals surface area contributed by atoms with Gasteiger partial charge in [0.05, 0.1) is 5.56 Å². The Kier molecular flexibility index (Phi) is 7.12. The summed E-state index contributed by atoms with van der Waals surface area (Å²) in [5.41, 5.74) is 1.25. The maximum atomic E-state index is 12.6. The molecule has 0 atom stereocenters. The van der Waals surface area contributed by atoms with Crippen LogP contribution in [0.5, 0.6) is 0 Å². The van der Waals surface area contributed by atoms with Gasteiger partial charge in [-0.3, -0.25) is 9.59 Å². The number of hydrogen-bond donors (Lipinski definition) is 1. The van der Waals surface area contributed by atoms with Crippen molar-refractivity contribution in [1.82, 2.24) is 20.0 Å². The van der Waals surface area contributed by atoms with Gasteiger partial charge in [0.25, 0.3) is 5.56 Å². The molecule has 7 heteroatoms. The Morgan fingerprint density at radius 2 is 2.12 bits per heavy atom. The molecular formula is C19H28N4O3. The smallest absolute Gasteiger partial charge is 0.261 e. The molecule has 2 heterocycles. The van der Waals surface area contributed by atoms with E-state index in [1.54, 1.807) is 10.6 Å². The molecule has 1 amide bonds. The van der Waals surface area contributed by atoms with Crippen molar-refractivity contribution >= 4 is 5.91 Å². The van der Waals surface area contributed by atoms with Crippen LogP contribution in [0.2, 0.25) is 0 Å². The van der Waals surface area contributed by atoms with Gasteiger partial charge in [0, 0.05) is 31.6 Å². The van der Waals surface area contributed by atoms with E-state index in [2.05, 4.69) is 29.3 Å². The summed E-state index contributed by atoms with van der Waals surface area (Å²) < 4.78 is 6.97. The first-order chi connectivity index (χ1) is 12.4. The van der Waals surface area contributed by atoms with Crippen molar-refractivity contribution in [2.45, 2.75) is 59.9 Å². The molecule has 2 rings (SSSR count). The van der Waals surface area contributed by atoms with Crippen molar-refractivity contribution in [2.24, 2.45) is 5.92 Å². The third-order valence-corrected chi connectivity index (χ3v) is 4.05. The molecular weight excluding hydrogens is 332 g/mol. The average molecular weight is 360 g/mol. The van der Waals surface area contributed by atoms with Crippen LogP contribution in [0.15, 0.2) is 21.5 Å². The molecule has 0 radical (unpaired) electrons. The number of carbonyl (C=O) groups is 1. The zero-order valence-corrected chi connectivity index (χ0v) is 16.0. The lowest BCUT2D eigenvalue weighted by atomic mass is 10.2. The number of rotatable bonds is 9. The normalized spacial score (nSPS) is 11.1. The van der Waals surface area contributed by atoms with Gasteiger partial charge in [-0.1, -0.05) is 25.9 Å². The Labute approximate surface area is 153 Å². The van der Waals surface area contributed by atoms with Crippen molar-refractivity contribution in [3.05, 3.63) is 34.1 Å². The van der Waals surface area contributed by atoms with E-state index < -0.39 is 0 Å². The summed E-state index contributed by atoms with van der Waals surface area (Å²) in [5, 5.41) is 6.82. The van der Waals surface area contributed by atoms with Crippen LogP contribution in [0.1, 0.15) is 51.6 Å². The molecule has 0 fully saturated rings. The maximum Gasteiger partial charge on any atom is 0.261 e. The highest BCUT2D eigenvalue weighted by Crippen LogP contribution is 2.14. The minimum atomic E-state index is -0.104. The van der Waals surface area contributed by atoms with Gasteiger partial charge in [0.2, 0.25) is 17.6 Å². The van der Waals surface area contributed by atoms with Crippen LogP contribution in [0, 0.1) is 12.8 Å². The average Bonchev–Trinajstić information content (AvgIpc) is 3.05. The summed E-state index contributed by atoms with van der Waals surface area (Å²) in [4.78, 5) is 28.6. The van der Waals surface area contributed by atoms with Gasteiger partial charge >= 0.3 is 0 Å². The van der Waals surface area contributed by atoms with E-state index in [4.69, 9.17) is 4.52 Å². The molecule has 26 heavy (non-hydrogen) atoms. The molecule has 0 saturated heterocycles. The van der Waals surface area contributed by atoms with Gasteiger partial charge in [-0.05, 0) is 37.8 Å². The Balaban J connectivity index is 1.99. The van der Waals surface area contributed by atoms with Crippen molar-refractivity contribution < 1.29 is 9.32 Å². The lowest BCUT2D eigenvalue weighted by molar-refractivity contribution is -0.121. The largest absolute Gasteiger partial charge is 0.356 e. The van der Waals surface area contributed by atoms with Crippen molar-refractivity contribution in [3.8, 4) is 11.4 Å². The summed E-state index contributed by atoms with van der Waals surface area (Å²) >= 11 is 0. The van der Waals surface area contributed by atoms with E-state index in [9.17, 15) is 9.59 Å². The van der Waals surface area contributed by atoms with Crippen molar-refractivity contribution in [1.29, 1.82) is 0 Å². The predicted octanol–water partition coefficient (Wildman–Crippen LogP) is 2.71.